The standard InChI is InChI=1S/C16H11ClN4/c17-14-5-3-7-16(13(14)8-18)21-10-11(9-20-21)12-4-1-2-6-15(12)19/h1-7,9-10H,19H2. The first kappa shape index (κ1) is 13.2. The van der Waals surface area contributed by atoms with Crippen molar-refractivity contribution in [1.82, 2.24) is 9.78 Å². The van der Waals surface area contributed by atoms with E-state index in [2.05, 4.69) is 11.2 Å². The van der Waals surface area contributed by atoms with Crippen molar-refractivity contribution in [3.05, 3.63) is 65.4 Å². The van der Waals surface area contributed by atoms with Gasteiger partial charge in [0.15, 0.2) is 0 Å². The van der Waals surface area contributed by atoms with Gasteiger partial charge in [-0.1, -0.05) is 35.9 Å². The molecule has 0 aliphatic heterocycles. The van der Waals surface area contributed by atoms with Crippen molar-refractivity contribution in [2.75, 3.05) is 5.73 Å². The molecule has 3 rings (SSSR count). The third kappa shape index (κ3) is 2.35. The van der Waals surface area contributed by atoms with Crippen LogP contribution in [0.15, 0.2) is 54.9 Å². The summed E-state index contributed by atoms with van der Waals surface area (Å²) in [6.45, 7) is 0. The van der Waals surface area contributed by atoms with Crippen LogP contribution >= 0.6 is 11.6 Å². The van der Waals surface area contributed by atoms with Gasteiger partial charge in [0.25, 0.3) is 0 Å². The number of nitrogen functional groups attached to an aromatic ring is 1. The molecule has 4 nitrogen and oxygen atoms in total. The molecule has 2 N–H and O–H groups in total. The molecule has 0 spiro atoms. The number of benzene rings is 2. The molecular formula is C16H11ClN4. The van der Waals surface area contributed by atoms with Gasteiger partial charge >= 0.3 is 0 Å². The lowest BCUT2D eigenvalue weighted by Crippen LogP contribution is -1.98. The van der Waals surface area contributed by atoms with Crippen molar-refractivity contribution in [2.45, 2.75) is 0 Å². The maximum atomic E-state index is 9.23. The molecular weight excluding hydrogens is 284 g/mol. The lowest BCUT2D eigenvalue weighted by atomic mass is 10.1. The van der Waals surface area contributed by atoms with E-state index in [1.54, 1.807) is 29.1 Å². The molecule has 5 heteroatoms. The van der Waals surface area contributed by atoms with Crippen molar-refractivity contribution in [3.8, 4) is 22.9 Å². The van der Waals surface area contributed by atoms with Crippen LogP contribution in [0.4, 0.5) is 5.69 Å². The Morgan fingerprint density at radius 2 is 1.95 bits per heavy atom. The Hall–Kier alpha value is -2.77. The van der Waals surface area contributed by atoms with Crippen LogP contribution in [0.2, 0.25) is 5.02 Å². The molecule has 1 aromatic heterocycles. The molecule has 1 heterocycles. The van der Waals surface area contributed by atoms with Gasteiger partial charge in [0.2, 0.25) is 0 Å². The quantitative estimate of drug-likeness (QED) is 0.734. The highest BCUT2D eigenvalue weighted by atomic mass is 35.5. The van der Waals surface area contributed by atoms with Crippen LogP contribution in [0, 0.1) is 11.3 Å². The van der Waals surface area contributed by atoms with Crippen LogP contribution in [0.1, 0.15) is 5.56 Å². The first-order valence-electron chi connectivity index (χ1n) is 6.29. The van der Waals surface area contributed by atoms with E-state index in [1.165, 1.54) is 0 Å². The van der Waals surface area contributed by atoms with E-state index in [0.717, 1.165) is 11.1 Å². The minimum absolute atomic E-state index is 0.398. The van der Waals surface area contributed by atoms with Crippen LogP contribution < -0.4 is 5.73 Å². The molecule has 0 saturated heterocycles. The molecule has 2 aromatic carbocycles. The summed E-state index contributed by atoms with van der Waals surface area (Å²) in [5.41, 5.74) is 9.49. The van der Waals surface area contributed by atoms with Gasteiger partial charge in [-0.15, -0.1) is 0 Å². The van der Waals surface area contributed by atoms with Crippen LogP contribution in [-0.2, 0) is 0 Å². The fourth-order valence-electron chi connectivity index (χ4n) is 2.17. The first-order valence-corrected chi connectivity index (χ1v) is 6.67. The van der Waals surface area contributed by atoms with E-state index >= 15 is 0 Å². The Kier molecular flexibility index (Phi) is 3.35. The lowest BCUT2D eigenvalue weighted by molar-refractivity contribution is 0.877. The van der Waals surface area contributed by atoms with E-state index in [-0.39, 0.29) is 0 Å². The van der Waals surface area contributed by atoms with Crippen LogP contribution in [0.3, 0.4) is 0 Å². The van der Waals surface area contributed by atoms with E-state index in [4.69, 9.17) is 17.3 Å². The predicted octanol–water partition coefficient (Wildman–Crippen LogP) is 3.65. The molecule has 0 aliphatic carbocycles. The maximum Gasteiger partial charge on any atom is 0.103 e. The molecule has 0 atom stereocenters. The number of hydrogen-bond donors (Lipinski definition) is 1. The molecule has 0 fully saturated rings. The highest BCUT2D eigenvalue weighted by Crippen LogP contribution is 2.27. The van der Waals surface area contributed by atoms with Gasteiger partial charge in [-0.3, -0.25) is 0 Å². The monoisotopic (exact) mass is 294 g/mol. The Bertz CT molecular complexity index is 845. The average molecular weight is 295 g/mol. The van der Waals surface area contributed by atoms with Crippen LogP contribution in [0.5, 0.6) is 0 Å². The number of nitrogens with zero attached hydrogens (tertiary/aromatic N) is 3. The highest BCUT2D eigenvalue weighted by molar-refractivity contribution is 6.32. The van der Waals surface area contributed by atoms with Gasteiger partial charge in [-0.05, 0) is 18.2 Å². The van der Waals surface area contributed by atoms with Crippen molar-refractivity contribution in [2.24, 2.45) is 0 Å². The summed E-state index contributed by atoms with van der Waals surface area (Å²) < 4.78 is 1.63. The Balaban J connectivity index is 2.10. The normalized spacial score (nSPS) is 10.3. The van der Waals surface area contributed by atoms with Gasteiger partial charge in [0.05, 0.1) is 22.5 Å². The average Bonchev–Trinajstić information content (AvgIpc) is 2.97. The zero-order valence-electron chi connectivity index (χ0n) is 11.0. The zero-order chi connectivity index (χ0) is 14.8. The zero-order valence-corrected chi connectivity index (χ0v) is 11.7. The summed E-state index contributed by atoms with van der Waals surface area (Å²) in [6.07, 6.45) is 3.55. The largest absolute Gasteiger partial charge is 0.398 e. The number of aromatic nitrogens is 2. The summed E-state index contributed by atoms with van der Waals surface area (Å²) in [5, 5.41) is 13.9. The van der Waals surface area contributed by atoms with Gasteiger partial charge in [-0.2, -0.15) is 10.4 Å². The summed E-state index contributed by atoms with van der Waals surface area (Å²) in [6, 6.07) is 15.0. The van der Waals surface area contributed by atoms with Crippen molar-refractivity contribution < 1.29 is 0 Å². The summed E-state index contributed by atoms with van der Waals surface area (Å²) in [5.74, 6) is 0. The second-order valence-corrected chi connectivity index (χ2v) is 4.91. The van der Waals surface area contributed by atoms with E-state index in [9.17, 15) is 5.26 Å². The summed E-state index contributed by atoms with van der Waals surface area (Å²) in [4.78, 5) is 0. The first-order chi connectivity index (χ1) is 10.2. The summed E-state index contributed by atoms with van der Waals surface area (Å²) in [7, 11) is 0. The Labute approximate surface area is 127 Å². The van der Waals surface area contributed by atoms with Crippen molar-refractivity contribution in [3.63, 3.8) is 0 Å². The molecule has 0 aliphatic rings. The topological polar surface area (TPSA) is 67.6 Å². The third-order valence-corrected chi connectivity index (χ3v) is 3.52. The van der Waals surface area contributed by atoms with E-state index in [0.29, 0.717) is 22.0 Å². The molecule has 0 radical (unpaired) electrons. The third-order valence-electron chi connectivity index (χ3n) is 3.20. The Morgan fingerprint density at radius 1 is 1.14 bits per heavy atom. The SMILES string of the molecule is N#Cc1c(Cl)cccc1-n1cc(-c2ccccc2N)cn1. The van der Waals surface area contributed by atoms with Gasteiger partial charge in [0.1, 0.15) is 6.07 Å². The Morgan fingerprint density at radius 3 is 2.71 bits per heavy atom. The smallest absolute Gasteiger partial charge is 0.103 e. The molecule has 102 valence electrons. The van der Waals surface area contributed by atoms with Gasteiger partial charge in [0, 0.05) is 23.0 Å². The number of rotatable bonds is 2. The van der Waals surface area contributed by atoms with Crippen LogP contribution in [-0.4, -0.2) is 9.78 Å². The highest BCUT2D eigenvalue weighted by Gasteiger charge is 2.11. The number of halogens is 1. The van der Waals surface area contributed by atoms with Crippen molar-refractivity contribution in [1.29, 1.82) is 5.26 Å². The number of hydrogen-bond acceptors (Lipinski definition) is 3. The number of anilines is 1. The number of nitriles is 1. The minimum Gasteiger partial charge on any atom is -0.398 e. The number of nitrogens with two attached hydrogens (primary N) is 1. The van der Waals surface area contributed by atoms with Crippen molar-refractivity contribution >= 4 is 17.3 Å². The predicted molar refractivity (Wildman–Crippen MR) is 83.1 cm³/mol. The van der Waals surface area contributed by atoms with E-state index in [1.807, 2.05) is 30.5 Å². The van der Waals surface area contributed by atoms with E-state index < -0.39 is 0 Å². The molecule has 0 bridgehead atoms. The molecule has 21 heavy (non-hydrogen) atoms. The molecule has 0 amide bonds. The molecule has 0 unspecified atom stereocenters. The summed E-state index contributed by atoms with van der Waals surface area (Å²) >= 11 is 6.04. The number of para-hydroxylation sites is 1. The minimum atomic E-state index is 0.398. The van der Waals surface area contributed by atoms with Crippen LogP contribution in [0.25, 0.3) is 16.8 Å². The van der Waals surface area contributed by atoms with Gasteiger partial charge < -0.3 is 5.73 Å². The molecule has 0 saturated carbocycles. The fourth-order valence-corrected chi connectivity index (χ4v) is 2.38. The fraction of sp³-hybridized carbons (Fsp3) is 0. The molecule has 3 aromatic rings. The second-order valence-electron chi connectivity index (χ2n) is 4.51. The second kappa shape index (κ2) is 5.31. The lowest BCUT2D eigenvalue weighted by Gasteiger charge is -2.05. The maximum absolute atomic E-state index is 9.23. The van der Waals surface area contributed by atoms with Gasteiger partial charge in [-0.25, -0.2) is 4.68 Å².